The van der Waals surface area contributed by atoms with Gasteiger partial charge in [-0.15, -0.1) is 5.54 Å². The molecule has 0 atom stereocenters. The van der Waals surface area contributed by atoms with Crippen LogP contribution >= 0.6 is 0 Å². The Morgan fingerprint density at radius 1 is 0.741 bits per heavy atom. The van der Waals surface area contributed by atoms with Crippen molar-refractivity contribution in [1.82, 2.24) is 19.9 Å². The van der Waals surface area contributed by atoms with E-state index in [0.717, 1.165) is 68.0 Å². The summed E-state index contributed by atoms with van der Waals surface area (Å²) >= 11 is 0. The normalized spacial score (nSPS) is 14.7. The summed E-state index contributed by atoms with van der Waals surface area (Å²) in [6, 6.07) is 17.8. The van der Waals surface area contributed by atoms with Gasteiger partial charge < -0.3 is 19.4 Å². The van der Waals surface area contributed by atoms with Crippen LogP contribution in [0.2, 0.25) is 16.6 Å². The van der Waals surface area contributed by atoms with Gasteiger partial charge in [-0.25, -0.2) is 4.79 Å². The molecule has 0 unspecified atom stereocenters. The first-order chi connectivity index (χ1) is 25.5. The van der Waals surface area contributed by atoms with Crippen LogP contribution in [0.15, 0.2) is 54.6 Å². The van der Waals surface area contributed by atoms with Crippen molar-refractivity contribution in [2.75, 3.05) is 14.2 Å². The molecule has 2 N–H and O–H groups in total. The minimum Gasteiger partial charge on any atom is -0.493 e. The summed E-state index contributed by atoms with van der Waals surface area (Å²) in [7, 11) is 1.10. The zero-order valence-electron chi connectivity index (χ0n) is 34.0. The van der Waals surface area contributed by atoms with Crippen LogP contribution in [0, 0.1) is 23.3 Å². The van der Waals surface area contributed by atoms with Crippen molar-refractivity contribution in [2.45, 2.75) is 110 Å². The zero-order valence-corrected chi connectivity index (χ0v) is 35.0. The van der Waals surface area contributed by atoms with Gasteiger partial charge in [-0.2, -0.15) is 0 Å². The van der Waals surface area contributed by atoms with Crippen molar-refractivity contribution < 1.29 is 14.3 Å². The van der Waals surface area contributed by atoms with Crippen molar-refractivity contribution in [2.24, 2.45) is 0 Å². The molecule has 0 fully saturated rings. The molecule has 4 aromatic rings. The number of methoxy groups -OCH3 is 2. The van der Waals surface area contributed by atoms with Crippen LogP contribution in [-0.4, -0.2) is 48.2 Å². The summed E-state index contributed by atoms with van der Waals surface area (Å²) in [5.41, 5.74) is 15.6. The Morgan fingerprint density at radius 2 is 1.33 bits per heavy atom. The average molecular weight is 739 g/mol. The first-order valence-corrected chi connectivity index (χ1v) is 21.3. The molecule has 2 aliphatic heterocycles. The monoisotopic (exact) mass is 738 g/mol. The Morgan fingerprint density at radius 3 is 1.94 bits per heavy atom. The highest BCUT2D eigenvalue weighted by atomic mass is 28.3. The molecule has 2 aliphatic rings. The number of hydrogen-bond acceptors (Lipinski definition) is 5. The van der Waals surface area contributed by atoms with E-state index in [1.165, 1.54) is 7.11 Å². The van der Waals surface area contributed by atoms with Crippen molar-refractivity contribution in [3.05, 3.63) is 99.6 Å². The van der Waals surface area contributed by atoms with Crippen LogP contribution in [0.4, 0.5) is 0 Å². The minimum atomic E-state index is -1.96. The van der Waals surface area contributed by atoms with Crippen LogP contribution in [-0.2, 0) is 28.4 Å². The lowest BCUT2D eigenvalue weighted by molar-refractivity contribution is 0.0600. The molecule has 5 heterocycles. The lowest BCUT2D eigenvalue weighted by Crippen LogP contribution is -2.43. The maximum absolute atomic E-state index is 12.0. The second-order valence-corrected chi connectivity index (χ2v) is 22.6. The Labute approximate surface area is 321 Å². The summed E-state index contributed by atoms with van der Waals surface area (Å²) in [6.45, 7) is 23.1. The smallest absolute Gasteiger partial charge is 0.337 e. The third-order valence-corrected chi connectivity index (χ3v) is 17.7. The summed E-state index contributed by atoms with van der Waals surface area (Å²) in [5, 5.41) is 0. The molecule has 280 valence electrons. The Bertz CT molecular complexity index is 2370. The predicted molar refractivity (Wildman–Crippen MR) is 223 cm³/mol. The maximum Gasteiger partial charge on any atom is 0.337 e. The molecule has 7 nitrogen and oxygen atoms in total. The van der Waals surface area contributed by atoms with E-state index in [1.54, 1.807) is 19.2 Å². The van der Waals surface area contributed by atoms with Gasteiger partial charge in [-0.3, -0.25) is 9.97 Å². The molecule has 0 saturated heterocycles. The number of nitrogens with one attached hydrogen (secondary N) is 2. The molecule has 1 aromatic carbocycles. The van der Waals surface area contributed by atoms with E-state index < -0.39 is 8.07 Å². The van der Waals surface area contributed by atoms with E-state index in [4.69, 9.17) is 19.4 Å². The van der Waals surface area contributed by atoms with Crippen LogP contribution in [0.25, 0.3) is 22.1 Å². The number of esters is 1. The number of rotatable bonds is 5. The van der Waals surface area contributed by atoms with E-state index in [-0.39, 0.29) is 16.8 Å². The van der Waals surface area contributed by atoms with Crippen molar-refractivity contribution in [1.29, 1.82) is 0 Å². The number of nitrogens with zero attached hydrogens (tertiary/aromatic N) is 2. The molecule has 0 radical (unpaired) electrons. The number of H-pyrrole nitrogens is 2. The zero-order chi connectivity index (χ0) is 39.2. The molecular weight excluding hydrogens is 685 g/mol. The number of carbonyl (C=O) groups is 1. The Hall–Kier alpha value is -5.05. The maximum atomic E-state index is 12.0. The number of benzene rings is 1. The highest BCUT2D eigenvalue weighted by molar-refractivity contribution is 6.90. The third kappa shape index (κ3) is 7.37. The van der Waals surface area contributed by atoms with E-state index in [1.807, 2.05) is 12.1 Å². The van der Waals surface area contributed by atoms with Gasteiger partial charge in [0, 0.05) is 62.9 Å². The second-order valence-electron chi connectivity index (χ2n) is 17.1. The van der Waals surface area contributed by atoms with E-state index in [2.05, 4.69) is 133 Å². The fourth-order valence-electron chi connectivity index (χ4n) is 8.40. The molecule has 0 saturated carbocycles. The minimum absolute atomic E-state index is 0.197. The predicted octanol–water partition coefficient (Wildman–Crippen LogP) is 10.1. The highest BCUT2D eigenvalue weighted by Gasteiger charge is 2.42. The lowest BCUT2D eigenvalue weighted by Gasteiger charge is -2.38. The SMILES string of the molecule is COC(=O)c1ccc(C#Cc2cc3cc4nc(cc5[nH]c(cc6nc(c(OC)c2[nH]3)CC6(C)C)cc5C#C[Si](C(C)C)(C(C)C)C(C)C)CC4(C)C)cc1. The van der Waals surface area contributed by atoms with Crippen molar-refractivity contribution >= 4 is 36.1 Å². The molecule has 6 rings (SSSR count). The molecule has 0 spiro atoms. The van der Waals surface area contributed by atoms with Crippen LogP contribution in [0.3, 0.4) is 0 Å². The molecule has 0 aliphatic carbocycles. The van der Waals surface area contributed by atoms with Gasteiger partial charge >= 0.3 is 5.97 Å². The topological polar surface area (TPSA) is 92.9 Å². The van der Waals surface area contributed by atoms with Crippen LogP contribution < -0.4 is 4.74 Å². The fourth-order valence-corrected chi connectivity index (χ4v) is 13.6. The van der Waals surface area contributed by atoms with Gasteiger partial charge in [0.15, 0.2) is 5.75 Å². The van der Waals surface area contributed by atoms with Gasteiger partial charge in [-0.05, 0) is 71.2 Å². The first kappa shape index (κ1) is 38.7. The summed E-state index contributed by atoms with van der Waals surface area (Å²) < 4.78 is 11.0. The largest absolute Gasteiger partial charge is 0.493 e. The van der Waals surface area contributed by atoms with Crippen LogP contribution in [0.1, 0.15) is 119 Å². The number of hydrogen-bond donors (Lipinski definition) is 2. The molecule has 3 aromatic heterocycles. The van der Waals surface area contributed by atoms with Gasteiger partial charge in [0.25, 0.3) is 0 Å². The molecule has 0 amide bonds. The summed E-state index contributed by atoms with van der Waals surface area (Å²) in [5.74, 6) is 10.7. The molecule has 54 heavy (non-hydrogen) atoms. The number of aromatic nitrogens is 4. The number of carbonyl (C=O) groups excluding carboxylic acids is 1. The van der Waals surface area contributed by atoms with E-state index >= 15 is 0 Å². The van der Waals surface area contributed by atoms with Gasteiger partial charge in [0.1, 0.15) is 8.07 Å². The number of fused-ring (bicyclic) bond motifs is 8. The van der Waals surface area contributed by atoms with Crippen molar-refractivity contribution in [3.63, 3.8) is 0 Å². The summed E-state index contributed by atoms with van der Waals surface area (Å²) in [4.78, 5) is 29.8. The standard InChI is InChI=1S/C46H54N4O3Si/c1-28(2)54(29(3)4,30(5)6)20-19-33-21-35-24-41-46(9,10)27-39(50-41)43(52-11)42-34(18-15-31-13-16-32(17-14-31)44(51)53-12)22-36(49-42)25-40-45(7,8)26-37(48-40)23-38(33)47-35/h13-14,16-17,21-25,28-30,47,49H,26-27H2,1-12H3. The van der Waals surface area contributed by atoms with Crippen molar-refractivity contribution in [3.8, 4) is 29.1 Å². The summed E-state index contributed by atoms with van der Waals surface area (Å²) in [6.07, 6.45) is 1.48. The van der Waals surface area contributed by atoms with Gasteiger partial charge in [-0.1, -0.05) is 87.0 Å². The Kier molecular flexibility index (Phi) is 10.5. The third-order valence-electron chi connectivity index (χ3n) is 11.4. The van der Waals surface area contributed by atoms with Crippen LogP contribution in [0.5, 0.6) is 5.75 Å². The van der Waals surface area contributed by atoms with E-state index in [0.29, 0.717) is 34.4 Å². The van der Waals surface area contributed by atoms with Gasteiger partial charge in [0.2, 0.25) is 0 Å². The fraction of sp³-hybridized carbons (Fsp3) is 0.413. The molecule has 8 heteroatoms. The van der Waals surface area contributed by atoms with Gasteiger partial charge in [0.05, 0.1) is 42.1 Å². The Balaban J connectivity index is 1.63. The number of ether oxygens (including phenoxy) is 2. The van der Waals surface area contributed by atoms with E-state index in [9.17, 15) is 4.79 Å². The average Bonchev–Trinajstić information content (AvgIpc) is 3.83. The molecule has 8 bridgehead atoms. The second kappa shape index (κ2) is 14.6. The quantitative estimate of drug-likeness (QED) is 0.121. The first-order valence-electron chi connectivity index (χ1n) is 19.0. The molecular formula is C46H54N4O3Si. The highest BCUT2D eigenvalue weighted by Crippen LogP contribution is 2.41. The lowest BCUT2D eigenvalue weighted by atomic mass is 9.87. The number of aromatic amines is 2.